The van der Waals surface area contributed by atoms with Crippen LogP contribution in [0.1, 0.15) is 370 Å². The smallest absolute Gasteiger partial charge is 0.462 e. The van der Waals surface area contributed by atoms with Gasteiger partial charge in [-0.1, -0.05) is 319 Å². The number of rotatable bonds is 71. The van der Waals surface area contributed by atoms with Crippen LogP contribution in [-0.4, -0.2) is 96.7 Å². The molecule has 0 aromatic carbocycles. The van der Waals surface area contributed by atoms with Crippen molar-refractivity contribution in [1.82, 2.24) is 0 Å². The molecule has 0 bridgehead atoms. The number of esters is 4. The van der Waals surface area contributed by atoms with Gasteiger partial charge in [0.25, 0.3) is 0 Å². The zero-order chi connectivity index (χ0) is 68.9. The Hall–Kier alpha value is -1.94. The number of ether oxygens (including phenoxy) is 4. The van der Waals surface area contributed by atoms with E-state index >= 15 is 0 Å². The Bertz CT molecular complexity index is 1840. The maximum atomic E-state index is 13.1. The Morgan fingerprint density at radius 2 is 0.516 bits per heavy atom. The number of unbranched alkanes of at least 4 members (excludes halogenated alkanes) is 36. The van der Waals surface area contributed by atoms with Gasteiger partial charge < -0.3 is 33.8 Å². The second kappa shape index (κ2) is 63.5. The summed E-state index contributed by atoms with van der Waals surface area (Å²) in [5.41, 5.74) is 0. The van der Waals surface area contributed by atoms with Crippen molar-refractivity contribution in [2.45, 2.75) is 388 Å². The lowest BCUT2D eigenvalue weighted by Crippen LogP contribution is -2.30. The fourth-order valence-electron chi connectivity index (χ4n) is 11.2. The van der Waals surface area contributed by atoms with Crippen molar-refractivity contribution in [2.24, 2.45) is 23.7 Å². The quantitative estimate of drug-likeness (QED) is 0.0222. The Balaban J connectivity index is 5.26. The van der Waals surface area contributed by atoms with Crippen LogP contribution in [0.15, 0.2) is 0 Å². The Morgan fingerprint density at radius 1 is 0.301 bits per heavy atom. The van der Waals surface area contributed by atoms with E-state index in [0.717, 1.165) is 120 Å². The monoisotopic (exact) mass is 1370 g/mol. The van der Waals surface area contributed by atoms with E-state index in [1.165, 1.54) is 167 Å². The fourth-order valence-corrected chi connectivity index (χ4v) is 12.7. The van der Waals surface area contributed by atoms with Crippen molar-refractivity contribution in [3.8, 4) is 0 Å². The van der Waals surface area contributed by atoms with E-state index in [-0.39, 0.29) is 25.7 Å². The largest absolute Gasteiger partial charge is 0.472 e. The SMILES string of the molecule is CCC(C)CCCCCCCCC(=O)OC[C@H](COP(=O)(O)OC[C@H](O)COP(=O)(O)OC[C@@H](COC(=O)CCCCCCCCCCCCC(C)C)OC(=O)CCCCCCCCCCCCCCCC(C)C)OC(=O)CCCCCCCCCCCCCC(C)C. The van der Waals surface area contributed by atoms with Gasteiger partial charge in [-0.25, -0.2) is 9.13 Å². The van der Waals surface area contributed by atoms with Gasteiger partial charge in [-0.05, 0) is 49.4 Å². The molecule has 552 valence electrons. The summed E-state index contributed by atoms with van der Waals surface area (Å²) in [6, 6.07) is 0. The number of hydrogen-bond acceptors (Lipinski definition) is 15. The summed E-state index contributed by atoms with van der Waals surface area (Å²) < 4.78 is 68.5. The molecule has 0 saturated carbocycles. The van der Waals surface area contributed by atoms with Crippen LogP contribution in [0.5, 0.6) is 0 Å². The molecule has 6 atom stereocenters. The second-order valence-electron chi connectivity index (χ2n) is 28.4. The molecule has 0 rings (SSSR count). The zero-order valence-corrected chi connectivity index (χ0v) is 62.7. The van der Waals surface area contributed by atoms with Crippen LogP contribution >= 0.6 is 15.6 Å². The van der Waals surface area contributed by atoms with E-state index in [2.05, 4.69) is 55.4 Å². The van der Waals surface area contributed by atoms with Crippen LogP contribution < -0.4 is 0 Å². The molecule has 3 unspecified atom stereocenters. The number of carbonyl (C=O) groups excluding carboxylic acids is 4. The summed E-state index contributed by atoms with van der Waals surface area (Å²) in [6.07, 6.45) is 47.1. The highest BCUT2D eigenvalue weighted by Crippen LogP contribution is 2.45. The average Bonchev–Trinajstić information content (AvgIpc) is 1.75. The van der Waals surface area contributed by atoms with Crippen LogP contribution in [0.3, 0.4) is 0 Å². The van der Waals surface area contributed by atoms with Gasteiger partial charge in [-0.15, -0.1) is 0 Å². The van der Waals surface area contributed by atoms with Crippen LogP contribution in [-0.2, 0) is 65.4 Å². The molecule has 93 heavy (non-hydrogen) atoms. The second-order valence-corrected chi connectivity index (χ2v) is 31.3. The summed E-state index contributed by atoms with van der Waals surface area (Å²) in [4.78, 5) is 72.7. The van der Waals surface area contributed by atoms with Crippen molar-refractivity contribution in [3.63, 3.8) is 0 Å². The highest BCUT2D eigenvalue weighted by atomic mass is 31.2. The number of phosphoric ester groups is 2. The standard InChI is InChI=1S/C74H144O17P2/c1-9-67(8)53-45-37-32-33-39-47-55-72(77)85-61-70(91-74(79)57-49-41-31-25-17-13-15-21-27-35-43-51-65(4)5)63-89-93(82,83)87-59-68(75)58-86-92(80,81)88-62-69(60-84-71(76)54-46-38-29-23-19-18-22-28-36-44-52-66(6)7)90-73(78)56-48-40-30-24-16-12-10-11-14-20-26-34-42-50-64(2)3/h64-70,75H,9-63H2,1-8H3,(H,80,81)(H,82,83)/t67?,68-,69-,70-/m1/s1. The first-order valence-corrected chi connectivity index (χ1v) is 41.2. The van der Waals surface area contributed by atoms with E-state index in [4.69, 9.17) is 37.0 Å². The van der Waals surface area contributed by atoms with Gasteiger partial charge >= 0.3 is 39.5 Å². The van der Waals surface area contributed by atoms with Gasteiger partial charge in [-0.3, -0.25) is 37.3 Å². The van der Waals surface area contributed by atoms with E-state index < -0.39 is 97.5 Å². The lowest BCUT2D eigenvalue weighted by Gasteiger charge is -2.21. The first-order chi connectivity index (χ1) is 44.6. The molecular formula is C74H144O17P2. The molecule has 0 saturated heterocycles. The number of aliphatic hydroxyl groups is 1. The Morgan fingerprint density at radius 3 is 0.763 bits per heavy atom. The third-order valence-corrected chi connectivity index (χ3v) is 19.3. The van der Waals surface area contributed by atoms with Gasteiger partial charge in [0.2, 0.25) is 0 Å². The maximum Gasteiger partial charge on any atom is 0.472 e. The molecule has 0 fully saturated rings. The third-order valence-electron chi connectivity index (χ3n) is 17.4. The predicted molar refractivity (Wildman–Crippen MR) is 377 cm³/mol. The van der Waals surface area contributed by atoms with Crippen LogP contribution in [0.2, 0.25) is 0 Å². The highest BCUT2D eigenvalue weighted by Gasteiger charge is 2.30. The molecule has 0 aliphatic rings. The first kappa shape index (κ1) is 91.1. The molecule has 3 N–H and O–H groups in total. The zero-order valence-electron chi connectivity index (χ0n) is 60.9. The molecule has 0 aromatic rings. The highest BCUT2D eigenvalue weighted by molar-refractivity contribution is 7.47. The van der Waals surface area contributed by atoms with Crippen LogP contribution in [0.4, 0.5) is 0 Å². The molecule has 0 spiro atoms. The van der Waals surface area contributed by atoms with Gasteiger partial charge in [-0.2, -0.15) is 0 Å². The lowest BCUT2D eigenvalue weighted by atomic mass is 10.00. The Labute approximate surface area is 568 Å². The molecule has 0 heterocycles. The van der Waals surface area contributed by atoms with Gasteiger partial charge in [0.1, 0.15) is 19.3 Å². The number of phosphoric acid groups is 2. The molecule has 0 radical (unpaired) electrons. The summed E-state index contributed by atoms with van der Waals surface area (Å²) in [6.45, 7) is 14.2. The normalized spacial score (nSPS) is 14.5. The minimum atomic E-state index is -4.96. The fraction of sp³-hybridized carbons (Fsp3) is 0.946. The number of hydrogen-bond donors (Lipinski definition) is 3. The van der Waals surface area contributed by atoms with Gasteiger partial charge in [0, 0.05) is 25.7 Å². The summed E-state index contributed by atoms with van der Waals surface area (Å²) in [5.74, 6) is 0.917. The van der Waals surface area contributed by atoms with Crippen molar-refractivity contribution in [3.05, 3.63) is 0 Å². The minimum Gasteiger partial charge on any atom is -0.462 e. The minimum absolute atomic E-state index is 0.105. The van der Waals surface area contributed by atoms with Crippen LogP contribution in [0, 0.1) is 23.7 Å². The van der Waals surface area contributed by atoms with E-state index in [1.54, 1.807) is 0 Å². The number of carbonyl (C=O) groups is 4. The summed E-state index contributed by atoms with van der Waals surface area (Å²) >= 11 is 0. The molecule has 0 aromatic heterocycles. The molecular weight excluding hydrogens is 1220 g/mol. The lowest BCUT2D eigenvalue weighted by molar-refractivity contribution is -0.161. The van der Waals surface area contributed by atoms with E-state index in [1.807, 2.05) is 0 Å². The van der Waals surface area contributed by atoms with Crippen LogP contribution in [0.25, 0.3) is 0 Å². The molecule has 0 aliphatic heterocycles. The molecule has 17 nitrogen and oxygen atoms in total. The molecule has 0 aliphatic carbocycles. The Kier molecular flexibility index (Phi) is 62.2. The van der Waals surface area contributed by atoms with Crippen molar-refractivity contribution in [2.75, 3.05) is 39.6 Å². The van der Waals surface area contributed by atoms with Crippen molar-refractivity contribution < 1.29 is 80.2 Å². The predicted octanol–water partition coefficient (Wildman–Crippen LogP) is 21.3. The summed E-state index contributed by atoms with van der Waals surface area (Å²) in [5, 5.41) is 10.6. The van der Waals surface area contributed by atoms with Gasteiger partial charge in [0.05, 0.1) is 26.4 Å². The van der Waals surface area contributed by atoms with Gasteiger partial charge in [0.15, 0.2) is 12.2 Å². The average molecular weight is 1370 g/mol. The number of aliphatic hydroxyl groups excluding tert-OH is 1. The molecule has 0 amide bonds. The van der Waals surface area contributed by atoms with Crippen molar-refractivity contribution >= 4 is 39.5 Å². The molecule has 19 heteroatoms. The van der Waals surface area contributed by atoms with E-state index in [0.29, 0.717) is 25.7 Å². The first-order valence-electron chi connectivity index (χ1n) is 38.2. The third kappa shape index (κ3) is 67.0. The topological polar surface area (TPSA) is 237 Å². The van der Waals surface area contributed by atoms with E-state index in [9.17, 15) is 43.2 Å². The maximum absolute atomic E-state index is 13.1. The summed E-state index contributed by atoms with van der Waals surface area (Å²) in [7, 11) is -9.91. The van der Waals surface area contributed by atoms with Crippen molar-refractivity contribution in [1.29, 1.82) is 0 Å².